The second kappa shape index (κ2) is 4.09. The summed E-state index contributed by atoms with van der Waals surface area (Å²) < 4.78 is 0. The third-order valence-electron chi connectivity index (χ3n) is 3.06. The van der Waals surface area contributed by atoms with Crippen LogP contribution in [-0.2, 0) is 0 Å². The van der Waals surface area contributed by atoms with Crippen molar-refractivity contribution in [1.29, 1.82) is 0 Å². The molecule has 1 aliphatic rings. The summed E-state index contributed by atoms with van der Waals surface area (Å²) in [4.78, 5) is 4.42. The van der Waals surface area contributed by atoms with E-state index in [2.05, 4.69) is 4.98 Å². The number of rotatable bonds is 2. The average molecular weight is 191 g/mol. The summed E-state index contributed by atoms with van der Waals surface area (Å²) in [6, 6.07) is 3.89. The largest absolute Gasteiger partial charge is 0.389 e. The van der Waals surface area contributed by atoms with Crippen LogP contribution in [-0.4, -0.2) is 10.1 Å². The van der Waals surface area contributed by atoms with Gasteiger partial charge in [0.05, 0.1) is 6.10 Å². The molecule has 1 atom stereocenters. The Balaban J connectivity index is 2.30. The molecule has 0 bridgehead atoms. The quantitative estimate of drug-likeness (QED) is 0.779. The van der Waals surface area contributed by atoms with Crippen LogP contribution in [0.25, 0.3) is 0 Å². The second-order valence-corrected chi connectivity index (χ2v) is 4.14. The van der Waals surface area contributed by atoms with E-state index >= 15 is 0 Å². The number of hydrogen-bond donors (Lipinski definition) is 1. The first-order valence-corrected chi connectivity index (χ1v) is 5.42. The van der Waals surface area contributed by atoms with E-state index in [1.165, 1.54) is 25.7 Å². The normalized spacial score (nSPS) is 19.9. The van der Waals surface area contributed by atoms with Gasteiger partial charge in [0.2, 0.25) is 0 Å². The minimum Gasteiger partial charge on any atom is -0.389 e. The van der Waals surface area contributed by atoms with Crippen molar-refractivity contribution in [3.05, 3.63) is 29.6 Å². The molecule has 1 heterocycles. The lowest BCUT2D eigenvalue weighted by Gasteiger charge is -2.15. The molecule has 1 N–H and O–H groups in total. The van der Waals surface area contributed by atoms with Gasteiger partial charge in [0.1, 0.15) is 0 Å². The van der Waals surface area contributed by atoms with E-state index in [-0.39, 0.29) is 6.10 Å². The van der Waals surface area contributed by atoms with E-state index in [1.54, 1.807) is 0 Å². The number of aliphatic hydroxyl groups is 1. The van der Waals surface area contributed by atoms with E-state index < -0.39 is 0 Å². The Morgan fingerprint density at radius 3 is 2.79 bits per heavy atom. The zero-order valence-corrected chi connectivity index (χ0v) is 8.61. The number of aliphatic hydroxyl groups excluding tert-OH is 1. The van der Waals surface area contributed by atoms with E-state index in [0.717, 1.165) is 11.3 Å². The topological polar surface area (TPSA) is 33.1 Å². The molecular weight excluding hydrogens is 174 g/mol. The second-order valence-electron chi connectivity index (χ2n) is 4.14. The van der Waals surface area contributed by atoms with Crippen LogP contribution in [0.1, 0.15) is 55.9 Å². The van der Waals surface area contributed by atoms with Crippen molar-refractivity contribution in [3.8, 4) is 0 Å². The number of hydrogen-bond acceptors (Lipinski definition) is 2. The predicted octanol–water partition coefficient (Wildman–Crippen LogP) is 2.79. The molecule has 1 aromatic heterocycles. The third-order valence-corrected chi connectivity index (χ3v) is 3.06. The van der Waals surface area contributed by atoms with Gasteiger partial charge in [-0.25, -0.2) is 0 Å². The Labute approximate surface area is 85.0 Å². The van der Waals surface area contributed by atoms with E-state index in [4.69, 9.17) is 0 Å². The summed E-state index contributed by atoms with van der Waals surface area (Å²) in [7, 11) is 0. The van der Waals surface area contributed by atoms with E-state index in [1.807, 2.05) is 25.3 Å². The van der Waals surface area contributed by atoms with Crippen LogP contribution >= 0.6 is 0 Å². The third kappa shape index (κ3) is 1.80. The Morgan fingerprint density at radius 1 is 1.43 bits per heavy atom. The lowest BCUT2D eigenvalue weighted by molar-refractivity contribution is 0.197. The molecule has 2 heteroatoms. The van der Waals surface area contributed by atoms with Crippen LogP contribution in [0, 0.1) is 0 Å². The zero-order valence-electron chi connectivity index (χ0n) is 8.61. The lowest BCUT2D eigenvalue weighted by Crippen LogP contribution is -2.04. The van der Waals surface area contributed by atoms with E-state index in [0.29, 0.717) is 5.92 Å². The molecule has 1 aliphatic carbocycles. The summed E-state index contributed by atoms with van der Waals surface area (Å²) in [5.41, 5.74) is 2.14. The summed E-state index contributed by atoms with van der Waals surface area (Å²) >= 11 is 0. The standard InChI is InChI=1S/C12H17NO/c1-9(14)11-7-4-8-13-12(11)10-5-2-3-6-10/h4,7-10,14H,2-3,5-6H2,1H3. The van der Waals surface area contributed by atoms with Gasteiger partial charge in [-0.1, -0.05) is 18.9 Å². The van der Waals surface area contributed by atoms with Crippen LogP contribution in [0.4, 0.5) is 0 Å². The predicted molar refractivity (Wildman–Crippen MR) is 56.1 cm³/mol. The number of nitrogens with zero attached hydrogens (tertiary/aromatic N) is 1. The molecule has 1 aromatic rings. The minimum atomic E-state index is -0.390. The van der Waals surface area contributed by atoms with Gasteiger partial charge in [0.15, 0.2) is 0 Å². The van der Waals surface area contributed by atoms with Crippen molar-refractivity contribution in [2.24, 2.45) is 0 Å². The van der Waals surface area contributed by atoms with Crippen molar-refractivity contribution < 1.29 is 5.11 Å². The molecule has 1 saturated carbocycles. The van der Waals surface area contributed by atoms with Crippen molar-refractivity contribution in [2.45, 2.75) is 44.6 Å². The highest BCUT2D eigenvalue weighted by Gasteiger charge is 2.22. The van der Waals surface area contributed by atoms with Crippen LogP contribution in [0.3, 0.4) is 0 Å². The molecule has 2 rings (SSSR count). The monoisotopic (exact) mass is 191 g/mol. The van der Waals surface area contributed by atoms with Gasteiger partial charge >= 0.3 is 0 Å². The van der Waals surface area contributed by atoms with Gasteiger partial charge < -0.3 is 5.11 Å². The summed E-state index contributed by atoms with van der Waals surface area (Å²) in [5, 5.41) is 9.62. The molecule has 0 aliphatic heterocycles. The van der Waals surface area contributed by atoms with E-state index in [9.17, 15) is 5.11 Å². The van der Waals surface area contributed by atoms with Gasteiger partial charge in [0, 0.05) is 23.4 Å². The Bertz CT molecular complexity index is 303. The zero-order chi connectivity index (χ0) is 9.97. The molecule has 0 amide bonds. The summed E-state index contributed by atoms with van der Waals surface area (Å²) in [6.07, 6.45) is 6.52. The fourth-order valence-electron chi connectivity index (χ4n) is 2.32. The van der Waals surface area contributed by atoms with Crippen LogP contribution in [0.2, 0.25) is 0 Å². The molecular formula is C12H17NO. The van der Waals surface area contributed by atoms with Crippen molar-refractivity contribution in [2.75, 3.05) is 0 Å². The molecule has 2 nitrogen and oxygen atoms in total. The molecule has 1 fully saturated rings. The summed E-state index contributed by atoms with van der Waals surface area (Å²) in [5.74, 6) is 0.584. The molecule has 0 saturated heterocycles. The molecule has 0 spiro atoms. The maximum Gasteiger partial charge on any atom is 0.0779 e. The summed E-state index contributed by atoms with van der Waals surface area (Å²) in [6.45, 7) is 1.81. The lowest BCUT2D eigenvalue weighted by atomic mass is 9.96. The highest BCUT2D eigenvalue weighted by Crippen LogP contribution is 2.35. The Kier molecular flexibility index (Phi) is 2.82. The van der Waals surface area contributed by atoms with Gasteiger partial charge in [-0.2, -0.15) is 0 Å². The number of pyridine rings is 1. The molecule has 76 valence electrons. The van der Waals surface area contributed by atoms with Crippen molar-refractivity contribution >= 4 is 0 Å². The molecule has 0 aromatic carbocycles. The average Bonchev–Trinajstić information content (AvgIpc) is 2.70. The maximum atomic E-state index is 9.62. The Hall–Kier alpha value is -0.890. The first kappa shape index (κ1) is 9.66. The minimum absolute atomic E-state index is 0.390. The molecule has 14 heavy (non-hydrogen) atoms. The Morgan fingerprint density at radius 2 is 2.14 bits per heavy atom. The molecule has 0 radical (unpaired) electrons. The van der Waals surface area contributed by atoms with Crippen LogP contribution in [0.15, 0.2) is 18.3 Å². The highest BCUT2D eigenvalue weighted by molar-refractivity contribution is 5.25. The fraction of sp³-hybridized carbons (Fsp3) is 0.583. The van der Waals surface area contributed by atoms with Crippen molar-refractivity contribution in [1.82, 2.24) is 4.98 Å². The smallest absolute Gasteiger partial charge is 0.0779 e. The fourth-order valence-corrected chi connectivity index (χ4v) is 2.32. The first-order chi connectivity index (χ1) is 6.79. The van der Waals surface area contributed by atoms with Gasteiger partial charge in [-0.05, 0) is 25.8 Å². The maximum absolute atomic E-state index is 9.62. The highest BCUT2D eigenvalue weighted by atomic mass is 16.3. The SMILES string of the molecule is CC(O)c1cccnc1C1CCCC1. The van der Waals surface area contributed by atoms with Crippen molar-refractivity contribution in [3.63, 3.8) is 0 Å². The number of aromatic nitrogens is 1. The van der Waals surface area contributed by atoms with Crippen LogP contribution in [0.5, 0.6) is 0 Å². The molecule has 1 unspecified atom stereocenters. The van der Waals surface area contributed by atoms with Gasteiger partial charge in [0.25, 0.3) is 0 Å². The van der Waals surface area contributed by atoms with Gasteiger partial charge in [-0.3, -0.25) is 4.98 Å². The van der Waals surface area contributed by atoms with Crippen LogP contribution < -0.4 is 0 Å². The first-order valence-electron chi connectivity index (χ1n) is 5.42. The van der Waals surface area contributed by atoms with Gasteiger partial charge in [-0.15, -0.1) is 0 Å².